The molecule has 0 unspecified atom stereocenters. The zero-order valence-electron chi connectivity index (χ0n) is 38.4. The van der Waals surface area contributed by atoms with Crippen LogP contribution >= 0.6 is 0 Å². The molecule has 0 atom stereocenters. The summed E-state index contributed by atoms with van der Waals surface area (Å²) in [6.07, 6.45) is 1.88. The molecule has 5 nitrogen and oxygen atoms in total. The van der Waals surface area contributed by atoms with Crippen molar-refractivity contribution in [3.63, 3.8) is 0 Å². The number of aromatic hydroxyl groups is 1. The van der Waals surface area contributed by atoms with E-state index in [0.717, 1.165) is 78.0 Å². The predicted octanol–water partition coefficient (Wildman–Crippen LogP) is 15.5. The Labute approximate surface area is 407 Å². The van der Waals surface area contributed by atoms with Crippen molar-refractivity contribution >= 4 is 21.8 Å². The second kappa shape index (κ2) is 17.8. The Kier molecular flexibility index (Phi) is 11.9. The number of para-hydroxylation sites is 3. The second-order valence-electron chi connectivity index (χ2n) is 19.1. The molecule has 0 saturated heterocycles. The maximum atomic E-state index is 11.1. The summed E-state index contributed by atoms with van der Waals surface area (Å²) >= 11 is 0. The summed E-state index contributed by atoms with van der Waals surface area (Å²) in [5.41, 5.74) is 17.1. The Morgan fingerprint density at radius 3 is 1.87 bits per heavy atom. The fourth-order valence-corrected chi connectivity index (χ4v) is 8.95. The van der Waals surface area contributed by atoms with E-state index >= 15 is 0 Å². The molecule has 0 saturated carbocycles. The maximum Gasteiger partial charge on any atom is 0.124 e. The van der Waals surface area contributed by atoms with Crippen molar-refractivity contribution < 1.29 is 26.2 Å². The van der Waals surface area contributed by atoms with Crippen molar-refractivity contribution in [1.29, 1.82) is 5.26 Å². The molecule has 330 valence electrons. The second-order valence-corrected chi connectivity index (χ2v) is 19.1. The van der Waals surface area contributed by atoms with Gasteiger partial charge in [0.15, 0.2) is 0 Å². The smallest absolute Gasteiger partial charge is 0.124 e. The standard InChI is InChI=1S/C61H49N4O.Pt/c1-60(2,3)47-31-45(32-48(37-47)61(4,5)6)46-35-55(64-56(36-46)53-22-8-10-26-58(53)66)44-19-12-18-43(30-44)54-34-42(27-28-63-54)50-23-14-24-52-51-21-7-9-25-57(51)65(59(50)52)49-20-13-17-41(33-49)40-16-11-15-39(29-40)38-62;/h7-29,31-37,66H,1-6H3;/q-1;. The van der Waals surface area contributed by atoms with Crippen molar-refractivity contribution in [1.82, 2.24) is 14.5 Å². The van der Waals surface area contributed by atoms with Gasteiger partial charge >= 0.3 is 0 Å². The third-order valence-corrected chi connectivity index (χ3v) is 12.5. The van der Waals surface area contributed by atoms with E-state index < -0.39 is 0 Å². The fourth-order valence-electron chi connectivity index (χ4n) is 8.95. The molecular weight excluding hydrogens is 1000 g/mol. The fraction of sp³-hybridized carbons (Fsp3) is 0.131. The molecular formula is C61H49N4OPt-. The average molecular weight is 1050 g/mol. The van der Waals surface area contributed by atoms with Crippen molar-refractivity contribution in [2.75, 3.05) is 0 Å². The van der Waals surface area contributed by atoms with Gasteiger partial charge in [0.25, 0.3) is 0 Å². The number of phenols is 1. The molecule has 0 spiro atoms. The normalized spacial score (nSPS) is 11.7. The Bertz CT molecular complexity index is 3510. The van der Waals surface area contributed by atoms with E-state index in [-0.39, 0.29) is 37.6 Å². The minimum Gasteiger partial charge on any atom is -0.507 e. The Hall–Kier alpha value is -7.38. The van der Waals surface area contributed by atoms with Crippen LogP contribution in [0.1, 0.15) is 58.2 Å². The Morgan fingerprint density at radius 1 is 0.522 bits per heavy atom. The summed E-state index contributed by atoms with van der Waals surface area (Å²) in [7, 11) is 0. The molecule has 7 aromatic carbocycles. The monoisotopic (exact) mass is 1050 g/mol. The maximum absolute atomic E-state index is 11.1. The van der Waals surface area contributed by atoms with E-state index in [1.165, 1.54) is 16.5 Å². The summed E-state index contributed by atoms with van der Waals surface area (Å²) < 4.78 is 2.35. The first kappa shape index (κ1) is 44.8. The summed E-state index contributed by atoms with van der Waals surface area (Å²) in [5.74, 6) is 0.179. The summed E-state index contributed by atoms with van der Waals surface area (Å²) in [4.78, 5) is 10.1. The van der Waals surface area contributed by atoms with Crippen molar-refractivity contribution in [3.8, 4) is 84.7 Å². The predicted molar refractivity (Wildman–Crippen MR) is 272 cm³/mol. The third kappa shape index (κ3) is 8.74. The SMILES string of the molecule is CC(C)(C)c1cc(-c2cc(-c3[c-]c(-c4cc(-c5cccc6c7ccccc7n(-c7cccc(-c8cccc(C#N)c8)c7)c56)ccn4)ccc3)nc(-c3ccccc3O)c2)cc(C(C)(C)C)c1.[Pt]. The molecule has 0 fully saturated rings. The van der Waals surface area contributed by atoms with Gasteiger partial charge in [-0.25, -0.2) is 0 Å². The van der Waals surface area contributed by atoms with Gasteiger partial charge < -0.3 is 9.67 Å². The van der Waals surface area contributed by atoms with E-state index in [2.05, 4.69) is 180 Å². The molecule has 10 rings (SSSR count). The molecule has 1 N–H and O–H groups in total. The number of fused-ring (bicyclic) bond motifs is 3. The molecule has 3 heterocycles. The molecule has 0 radical (unpaired) electrons. The van der Waals surface area contributed by atoms with Crippen molar-refractivity contribution in [2.45, 2.75) is 52.4 Å². The molecule has 0 amide bonds. The molecule has 0 aliphatic rings. The topological polar surface area (TPSA) is 74.7 Å². The molecule has 10 aromatic rings. The molecule has 6 heteroatoms. The van der Waals surface area contributed by atoms with Crippen LogP contribution in [0.5, 0.6) is 5.75 Å². The van der Waals surface area contributed by atoms with Crippen LogP contribution in [0.3, 0.4) is 0 Å². The van der Waals surface area contributed by atoms with Gasteiger partial charge in [-0.2, -0.15) is 5.26 Å². The first-order valence-corrected chi connectivity index (χ1v) is 22.4. The number of hydrogen-bond acceptors (Lipinski definition) is 4. The summed E-state index contributed by atoms with van der Waals surface area (Å²) in [5, 5.41) is 23.1. The van der Waals surface area contributed by atoms with Gasteiger partial charge in [-0.05, 0) is 104 Å². The molecule has 0 aliphatic heterocycles. The number of hydrogen-bond donors (Lipinski definition) is 1. The van der Waals surface area contributed by atoms with E-state index in [1.54, 1.807) is 6.07 Å². The Balaban J connectivity index is 0.00000562. The van der Waals surface area contributed by atoms with Crippen molar-refractivity contribution in [3.05, 3.63) is 205 Å². The van der Waals surface area contributed by atoms with E-state index in [1.807, 2.05) is 54.7 Å². The average Bonchev–Trinajstić information content (AvgIpc) is 3.68. The first-order chi connectivity index (χ1) is 31.8. The zero-order valence-corrected chi connectivity index (χ0v) is 40.6. The van der Waals surface area contributed by atoms with Gasteiger partial charge in [0, 0.05) is 66.2 Å². The minimum absolute atomic E-state index is 0. The third-order valence-electron chi connectivity index (χ3n) is 12.5. The first-order valence-electron chi connectivity index (χ1n) is 22.4. The van der Waals surface area contributed by atoms with Gasteiger partial charge in [0.2, 0.25) is 0 Å². The number of phenolic OH excluding ortho intramolecular Hbond substituents is 1. The van der Waals surface area contributed by atoms with Crippen LogP contribution in [0.15, 0.2) is 182 Å². The van der Waals surface area contributed by atoms with Gasteiger partial charge in [-0.15, -0.1) is 24.3 Å². The largest absolute Gasteiger partial charge is 0.507 e. The number of pyridine rings is 2. The summed E-state index contributed by atoms with van der Waals surface area (Å²) in [6.45, 7) is 13.5. The van der Waals surface area contributed by atoms with E-state index in [9.17, 15) is 10.4 Å². The zero-order chi connectivity index (χ0) is 45.7. The quantitative estimate of drug-likeness (QED) is 0.161. The molecule has 0 bridgehead atoms. The molecule has 3 aromatic heterocycles. The van der Waals surface area contributed by atoms with Crippen LogP contribution in [0.25, 0.3) is 94.6 Å². The van der Waals surface area contributed by atoms with Crippen LogP contribution in [0.2, 0.25) is 0 Å². The molecule has 67 heavy (non-hydrogen) atoms. The van der Waals surface area contributed by atoms with Gasteiger partial charge in [-0.1, -0.05) is 156 Å². The van der Waals surface area contributed by atoms with Crippen molar-refractivity contribution in [2.24, 2.45) is 0 Å². The number of aromatic nitrogens is 3. The number of rotatable bonds is 7. The number of nitriles is 1. The van der Waals surface area contributed by atoms with Gasteiger partial charge in [0.1, 0.15) is 5.75 Å². The van der Waals surface area contributed by atoms with E-state index in [0.29, 0.717) is 16.8 Å². The van der Waals surface area contributed by atoms with Crippen LogP contribution in [-0.4, -0.2) is 19.6 Å². The summed E-state index contributed by atoms with van der Waals surface area (Å²) in [6, 6.07) is 66.3. The van der Waals surface area contributed by atoms with Crippen LogP contribution in [0.4, 0.5) is 0 Å². The van der Waals surface area contributed by atoms with Gasteiger partial charge in [-0.3, -0.25) is 9.97 Å². The van der Waals surface area contributed by atoms with Crippen LogP contribution in [0, 0.1) is 17.4 Å². The van der Waals surface area contributed by atoms with Crippen LogP contribution < -0.4 is 0 Å². The van der Waals surface area contributed by atoms with Crippen LogP contribution in [-0.2, 0) is 31.9 Å². The molecule has 0 aliphatic carbocycles. The minimum atomic E-state index is -0.0599. The Morgan fingerprint density at radius 2 is 1.12 bits per heavy atom. The number of nitrogens with zero attached hydrogens (tertiary/aromatic N) is 4. The van der Waals surface area contributed by atoms with E-state index in [4.69, 9.17) is 9.97 Å². The van der Waals surface area contributed by atoms with Gasteiger partial charge in [0.05, 0.1) is 28.4 Å². The number of benzene rings is 7.